The number of carbonyl (C=O) groups is 1. The van der Waals surface area contributed by atoms with E-state index in [0.29, 0.717) is 43.3 Å². The van der Waals surface area contributed by atoms with Crippen LogP contribution in [0, 0.1) is 6.92 Å². The van der Waals surface area contributed by atoms with Crippen LogP contribution >= 0.6 is 0 Å². The minimum Gasteiger partial charge on any atom is -0.507 e. The molecule has 1 N–H and O–H groups in total. The molecule has 1 aliphatic heterocycles. The van der Waals surface area contributed by atoms with Crippen molar-refractivity contribution >= 4 is 11.7 Å². The summed E-state index contributed by atoms with van der Waals surface area (Å²) in [6, 6.07) is 8.99. The fraction of sp³-hybridized carbons (Fsp3) is 0.300. The number of rotatable bonds is 3. The number of anilines is 1. The summed E-state index contributed by atoms with van der Waals surface area (Å²) >= 11 is 0. The van der Waals surface area contributed by atoms with Crippen LogP contribution in [0.15, 0.2) is 42.9 Å². The summed E-state index contributed by atoms with van der Waals surface area (Å²) in [6.07, 6.45) is 3.23. The van der Waals surface area contributed by atoms with E-state index in [1.165, 1.54) is 0 Å². The average Bonchev–Trinajstić information content (AvgIpc) is 3.13. The lowest BCUT2D eigenvalue weighted by Crippen LogP contribution is -2.49. The molecule has 1 fully saturated rings. The highest BCUT2D eigenvalue weighted by Gasteiger charge is 2.25. The summed E-state index contributed by atoms with van der Waals surface area (Å²) in [5, 5.41) is 10.1. The molecular weight excluding hydrogens is 356 g/mol. The number of piperazine rings is 1. The molecule has 2 aromatic heterocycles. The molecule has 3 aromatic rings. The van der Waals surface area contributed by atoms with E-state index in [1.807, 2.05) is 31.0 Å². The standard InChI is InChI=1S/C20H22N6O2/c1-14-11-18(23-19(22-14)15-5-3-4-6-17(15)27)25-7-9-26(10-8-25)20(28)16-12-21-13-24(16)2/h3-6,11-13,27H,7-10H2,1-2H3. The number of aromatic hydroxyl groups is 1. The van der Waals surface area contributed by atoms with Crippen molar-refractivity contribution < 1.29 is 9.90 Å². The van der Waals surface area contributed by atoms with Gasteiger partial charge in [0.25, 0.3) is 5.91 Å². The fourth-order valence-corrected chi connectivity index (χ4v) is 3.36. The highest BCUT2D eigenvalue weighted by Crippen LogP contribution is 2.28. The molecule has 0 aliphatic carbocycles. The van der Waals surface area contributed by atoms with E-state index < -0.39 is 0 Å². The van der Waals surface area contributed by atoms with Crippen LogP contribution in [0.4, 0.5) is 5.82 Å². The molecule has 0 unspecified atom stereocenters. The second kappa shape index (κ2) is 7.30. The lowest BCUT2D eigenvalue weighted by atomic mass is 10.2. The lowest BCUT2D eigenvalue weighted by molar-refractivity contribution is 0.0737. The Hall–Kier alpha value is -3.42. The maximum absolute atomic E-state index is 12.6. The molecule has 1 saturated heterocycles. The van der Waals surface area contributed by atoms with E-state index >= 15 is 0 Å². The molecule has 8 nitrogen and oxygen atoms in total. The van der Waals surface area contributed by atoms with Gasteiger partial charge in [-0.05, 0) is 19.1 Å². The van der Waals surface area contributed by atoms with E-state index in [1.54, 1.807) is 35.3 Å². The van der Waals surface area contributed by atoms with Crippen LogP contribution in [-0.4, -0.2) is 61.6 Å². The van der Waals surface area contributed by atoms with Gasteiger partial charge in [0.2, 0.25) is 0 Å². The van der Waals surface area contributed by atoms with Crippen LogP contribution in [0.25, 0.3) is 11.4 Å². The van der Waals surface area contributed by atoms with Crippen LogP contribution in [-0.2, 0) is 7.05 Å². The number of imidazole rings is 1. The van der Waals surface area contributed by atoms with Crippen LogP contribution in [0.2, 0.25) is 0 Å². The summed E-state index contributed by atoms with van der Waals surface area (Å²) in [5.74, 6) is 1.46. The normalized spacial score (nSPS) is 14.4. The minimum absolute atomic E-state index is 0.00610. The smallest absolute Gasteiger partial charge is 0.272 e. The summed E-state index contributed by atoms with van der Waals surface area (Å²) < 4.78 is 1.74. The highest BCUT2D eigenvalue weighted by molar-refractivity contribution is 5.92. The number of carbonyl (C=O) groups excluding carboxylic acids is 1. The number of aryl methyl sites for hydroxylation is 2. The van der Waals surface area contributed by atoms with Crippen molar-refractivity contribution in [1.29, 1.82) is 0 Å². The zero-order valence-corrected chi connectivity index (χ0v) is 15.9. The van der Waals surface area contributed by atoms with Gasteiger partial charge in [-0.1, -0.05) is 12.1 Å². The van der Waals surface area contributed by atoms with E-state index in [9.17, 15) is 9.90 Å². The molecule has 28 heavy (non-hydrogen) atoms. The van der Waals surface area contributed by atoms with Crippen LogP contribution in [0.5, 0.6) is 5.75 Å². The second-order valence-corrected chi connectivity index (χ2v) is 6.88. The monoisotopic (exact) mass is 378 g/mol. The first kappa shape index (κ1) is 18.0. The first-order chi connectivity index (χ1) is 13.5. The molecule has 4 rings (SSSR count). The Morgan fingerprint density at radius 2 is 1.86 bits per heavy atom. The maximum atomic E-state index is 12.6. The predicted octanol–water partition coefficient (Wildman–Crippen LogP) is 1.85. The van der Waals surface area contributed by atoms with Crippen molar-refractivity contribution in [2.45, 2.75) is 6.92 Å². The van der Waals surface area contributed by atoms with E-state index in [-0.39, 0.29) is 11.7 Å². The Labute approximate surface area is 163 Å². The highest BCUT2D eigenvalue weighted by atomic mass is 16.3. The van der Waals surface area contributed by atoms with Gasteiger partial charge in [0, 0.05) is 45.0 Å². The molecule has 1 amide bonds. The van der Waals surface area contributed by atoms with Crippen LogP contribution in [0.1, 0.15) is 16.2 Å². The number of hydrogen-bond donors (Lipinski definition) is 1. The van der Waals surface area contributed by atoms with Crippen LogP contribution < -0.4 is 4.90 Å². The topological polar surface area (TPSA) is 87.4 Å². The Kier molecular flexibility index (Phi) is 4.68. The largest absolute Gasteiger partial charge is 0.507 e. The van der Waals surface area contributed by atoms with Gasteiger partial charge in [0.05, 0.1) is 18.1 Å². The van der Waals surface area contributed by atoms with Gasteiger partial charge in [0.1, 0.15) is 17.3 Å². The summed E-state index contributed by atoms with van der Waals surface area (Å²) in [5.41, 5.74) is 2.03. The van der Waals surface area contributed by atoms with E-state index in [2.05, 4.69) is 19.9 Å². The molecule has 0 saturated carbocycles. The molecule has 0 radical (unpaired) electrons. The summed E-state index contributed by atoms with van der Waals surface area (Å²) in [6.45, 7) is 4.50. The molecule has 8 heteroatoms. The van der Waals surface area contributed by atoms with Crippen molar-refractivity contribution in [1.82, 2.24) is 24.4 Å². The van der Waals surface area contributed by atoms with Gasteiger partial charge in [0.15, 0.2) is 5.82 Å². The van der Waals surface area contributed by atoms with Crippen molar-refractivity contribution in [3.63, 3.8) is 0 Å². The Balaban J connectivity index is 1.51. The van der Waals surface area contributed by atoms with Gasteiger partial charge >= 0.3 is 0 Å². The third-order valence-electron chi connectivity index (χ3n) is 4.91. The Morgan fingerprint density at radius 3 is 2.54 bits per heavy atom. The van der Waals surface area contributed by atoms with Crippen molar-refractivity contribution in [2.24, 2.45) is 7.05 Å². The van der Waals surface area contributed by atoms with Gasteiger partial charge < -0.3 is 19.5 Å². The predicted molar refractivity (Wildman–Crippen MR) is 105 cm³/mol. The number of aromatic nitrogens is 4. The molecule has 1 aromatic carbocycles. The third-order valence-corrected chi connectivity index (χ3v) is 4.91. The van der Waals surface area contributed by atoms with Gasteiger partial charge in [-0.2, -0.15) is 0 Å². The number of nitrogens with zero attached hydrogens (tertiary/aromatic N) is 6. The number of para-hydroxylation sites is 1. The SMILES string of the molecule is Cc1cc(N2CCN(C(=O)c3cncn3C)CC2)nc(-c2ccccc2O)n1. The maximum Gasteiger partial charge on any atom is 0.272 e. The van der Waals surface area contributed by atoms with E-state index in [4.69, 9.17) is 0 Å². The fourth-order valence-electron chi connectivity index (χ4n) is 3.36. The zero-order valence-electron chi connectivity index (χ0n) is 15.9. The van der Waals surface area contributed by atoms with Gasteiger partial charge in [-0.15, -0.1) is 0 Å². The Morgan fingerprint density at radius 1 is 1.11 bits per heavy atom. The summed E-state index contributed by atoms with van der Waals surface area (Å²) in [4.78, 5) is 29.8. The summed E-state index contributed by atoms with van der Waals surface area (Å²) in [7, 11) is 1.82. The molecule has 0 spiro atoms. The van der Waals surface area contributed by atoms with Crippen molar-refractivity contribution in [2.75, 3.05) is 31.1 Å². The first-order valence-electron chi connectivity index (χ1n) is 9.17. The second-order valence-electron chi connectivity index (χ2n) is 6.88. The number of hydrogen-bond acceptors (Lipinski definition) is 6. The van der Waals surface area contributed by atoms with Gasteiger partial charge in [-0.25, -0.2) is 15.0 Å². The lowest BCUT2D eigenvalue weighted by Gasteiger charge is -2.35. The molecule has 144 valence electrons. The third kappa shape index (κ3) is 3.40. The van der Waals surface area contributed by atoms with Crippen LogP contribution in [0.3, 0.4) is 0 Å². The number of benzene rings is 1. The zero-order chi connectivity index (χ0) is 19.7. The average molecular weight is 378 g/mol. The molecule has 0 bridgehead atoms. The molecular formula is C20H22N6O2. The molecule has 0 atom stereocenters. The quantitative estimate of drug-likeness (QED) is 0.748. The van der Waals surface area contributed by atoms with Crippen molar-refractivity contribution in [3.8, 4) is 17.1 Å². The Bertz CT molecular complexity index is 1010. The van der Waals surface area contributed by atoms with Crippen molar-refractivity contribution in [3.05, 3.63) is 54.2 Å². The first-order valence-corrected chi connectivity index (χ1v) is 9.17. The molecule has 3 heterocycles. The van der Waals surface area contributed by atoms with Gasteiger partial charge in [-0.3, -0.25) is 4.79 Å². The number of phenolic OH excluding ortho intramolecular Hbond substituents is 1. The minimum atomic E-state index is -0.00610. The number of phenols is 1. The van der Waals surface area contributed by atoms with E-state index in [0.717, 1.165) is 11.5 Å². The number of amides is 1. The molecule has 1 aliphatic rings.